The Labute approximate surface area is 132 Å². The molecule has 116 valence electrons. The standard InChI is InChI=1S/C19H23NO2/c1-16(14-19(21)22)20(15-18-10-6-3-7-11-18)13-12-17-8-4-2-5-9-17/h2-11,16H,12-15H2,1H3,(H,21,22)/t16-/m0/s1. The molecule has 0 heterocycles. The predicted octanol–water partition coefficient (Wildman–Crippen LogP) is 3.59. The third-order valence-corrected chi connectivity index (χ3v) is 3.85. The molecule has 3 heteroatoms. The molecule has 0 saturated carbocycles. The number of carboxylic acids is 1. The topological polar surface area (TPSA) is 40.5 Å². The lowest BCUT2D eigenvalue weighted by Crippen LogP contribution is -2.35. The molecule has 0 aliphatic rings. The first-order chi connectivity index (χ1) is 10.6. The zero-order chi connectivity index (χ0) is 15.8. The second kappa shape index (κ2) is 8.35. The van der Waals surface area contributed by atoms with Gasteiger partial charge in [0, 0.05) is 19.1 Å². The van der Waals surface area contributed by atoms with Crippen LogP contribution in [0, 0.1) is 0 Å². The van der Waals surface area contributed by atoms with Crippen LogP contribution in [-0.2, 0) is 17.8 Å². The maximum absolute atomic E-state index is 11.0. The summed E-state index contributed by atoms with van der Waals surface area (Å²) in [5.74, 6) is -0.745. The van der Waals surface area contributed by atoms with Gasteiger partial charge in [-0.25, -0.2) is 0 Å². The molecule has 0 unspecified atom stereocenters. The van der Waals surface area contributed by atoms with E-state index in [0.717, 1.165) is 19.5 Å². The molecule has 0 radical (unpaired) electrons. The number of carbonyl (C=O) groups is 1. The maximum Gasteiger partial charge on any atom is 0.304 e. The molecule has 1 atom stereocenters. The van der Waals surface area contributed by atoms with Crippen molar-refractivity contribution in [2.24, 2.45) is 0 Å². The summed E-state index contributed by atoms with van der Waals surface area (Å²) in [7, 11) is 0. The number of hydrogen-bond acceptors (Lipinski definition) is 2. The smallest absolute Gasteiger partial charge is 0.304 e. The van der Waals surface area contributed by atoms with E-state index >= 15 is 0 Å². The molecule has 0 aromatic heterocycles. The second-order valence-electron chi connectivity index (χ2n) is 5.64. The lowest BCUT2D eigenvalue weighted by atomic mass is 10.1. The number of aliphatic carboxylic acids is 1. The van der Waals surface area contributed by atoms with Crippen molar-refractivity contribution in [3.63, 3.8) is 0 Å². The van der Waals surface area contributed by atoms with E-state index in [2.05, 4.69) is 29.2 Å². The van der Waals surface area contributed by atoms with Gasteiger partial charge in [-0.2, -0.15) is 0 Å². The fourth-order valence-electron chi connectivity index (χ4n) is 2.57. The molecule has 2 aromatic rings. The lowest BCUT2D eigenvalue weighted by molar-refractivity contribution is -0.138. The minimum absolute atomic E-state index is 0.0152. The van der Waals surface area contributed by atoms with Gasteiger partial charge in [-0.05, 0) is 24.5 Å². The van der Waals surface area contributed by atoms with Crippen molar-refractivity contribution in [2.75, 3.05) is 6.54 Å². The summed E-state index contributed by atoms with van der Waals surface area (Å²) >= 11 is 0. The van der Waals surface area contributed by atoms with Crippen molar-refractivity contribution in [3.8, 4) is 0 Å². The molecular weight excluding hydrogens is 274 g/mol. The number of benzene rings is 2. The summed E-state index contributed by atoms with van der Waals surface area (Å²) in [5, 5.41) is 9.06. The Morgan fingerprint density at radius 1 is 1.00 bits per heavy atom. The highest BCUT2D eigenvalue weighted by Gasteiger charge is 2.17. The van der Waals surface area contributed by atoms with Gasteiger partial charge in [0.05, 0.1) is 6.42 Å². The summed E-state index contributed by atoms with van der Waals surface area (Å²) in [4.78, 5) is 13.3. The molecule has 0 saturated heterocycles. The van der Waals surface area contributed by atoms with Crippen LogP contribution in [0.15, 0.2) is 60.7 Å². The van der Waals surface area contributed by atoms with Gasteiger partial charge in [-0.15, -0.1) is 0 Å². The van der Waals surface area contributed by atoms with Gasteiger partial charge >= 0.3 is 5.97 Å². The van der Waals surface area contributed by atoms with Crippen molar-refractivity contribution < 1.29 is 9.90 Å². The quantitative estimate of drug-likeness (QED) is 0.809. The van der Waals surface area contributed by atoms with Crippen LogP contribution in [-0.4, -0.2) is 28.6 Å². The van der Waals surface area contributed by atoms with Gasteiger partial charge in [0.15, 0.2) is 0 Å². The van der Waals surface area contributed by atoms with E-state index in [9.17, 15) is 4.79 Å². The Morgan fingerprint density at radius 2 is 1.55 bits per heavy atom. The monoisotopic (exact) mass is 297 g/mol. The second-order valence-corrected chi connectivity index (χ2v) is 5.64. The fourth-order valence-corrected chi connectivity index (χ4v) is 2.57. The molecule has 0 fully saturated rings. The molecule has 3 nitrogen and oxygen atoms in total. The van der Waals surface area contributed by atoms with Gasteiger partial charge in [-0.3, -0.25) is 9.69 Å². The van der Waals surface area contributed by atoms with E-state index in [1.54, 1.807) is 0 Å². The first-order valence-electron chi connectivity index (χ1n) is 7.69. The molecule has 1 N–H and O–H groups in total. The number of rotatable bonds is 8. The number of nitrogens with zero attached hydrogens (tertiary/aromatic N) is 1. The molecule has 22 heavy (non-hydrogen) atoms. The van der Waals surface area contributed by atoms with Gasteiger partial charge < -0.3 is 5.11 Å². The normalized spacial score (nSPS) is 12.3. The largest absolute Gasteiger partial charge is 0.481 e. The molecule has 0 aliphatic carbocycles. The van der Waals surface area contributed by atoms with Crippen LogP contribution >= 0.6 is 0 Å². The lowest BCUT2D eigenvalue weighted by Gasteiger charge is -2.28. The Kier molecular flexibility index (Phi) is 6.16. The molecule has 0 spiro atoms. The number of hydrogen-bond donors (Lipinski definition) is 1. The Hall–Kier alpha value is -2.13. The molecule has 2 aromatic carbocycles. The van der Waals surface area contributed by atoms with E-state index in [0.29, 0.717) is 0 Å². The fraction of sp³-hybridized carbons (Fsp3) is 0.316. The third-order valence-electron chi connectivity index (χ3n) is 3.85. The van der Waals surface area contributed by atoms with Crippen LogP contribution in [0.2, 0.25) is 0 Å². The molecule has 0 bridgehead atoms. The van der Waals surface area contributed by atoms with Crippen molar-refractivity contribution in [2.45, 2.75) is 32.4 Å². The summed E-state index contributed by atoms with van der Waals surface area (Å²) in [6.45, 7) is 3.62. The Morgan fingerprint density at radius 3 is 2.09 bits per heavy atom. The van der Waals surface area contributed by atoms with Crippen LogP contribution in [0.1, 0.15) is 24.5 Å². The first-order valence-corrected chi connectivity index (χ1v) is 7.69. The summed E-state index contributed by atoms with van der Waals surface area (Å²) in [5.41, 5.74) is 2.50. The van der Waals surface area contributed by atoms with Crippen molar-refractivity contribution in [1.29, 1.82) is 0 Å². The highest BCUT2D eigenvalue weighted by atomic mass is 16.4. The van der Waals surface area contributed by atoms with Gasteiger partial charge in [-0.1, -0.05) is 60.7 Å². The maximum atomic E-state index is 11.0. The molecule has 2 rings (SSSR count). The summed E-state index contributed by atoms with van der Waals surface area (Å²) < 4.78 is 0. The highest BCUT2D eigenvalue weighted by molar-refractivity contribution is 5.67. The van der Waals surface area contributed by atoms with E-state index in [1.807, 2.05) is 43.3 Å². The minimum Gasteiger partial charge on any atom is -0.481 e. The van der Waals surface area contributed by atoms with Crippen molar-refractivity contribution in [1.82, 2.24) is 4.90 Å². The number of carboxylic acid groups (broad SMARTS) is 1. The van der Waals surface area contributed by atoms with Crippen LogP contribution in [0.4, 0.5) is 0 Å². The van der Waals surface area contributed by atoms with Crippen LogP contribution in [0.3, 0.4) is 0 Å². The first kappa shape index (κ1) is 16.2. The van der Waals surface area contributed by atoms with E-state index in [4.69, 9.17) is 5.11 Å². The van der Waals surface area contributed by atoms with Crippen LogP contribution < -0.4 is 0 Å². The van der Waals surface area contributed by atoms with Gasteiger partial charge in [0.25, 0.3) is 0 Å². The highest BCUT2D eigenvalue weighted by Crippen LogP contribution is 2.12. The SMILES string of the molecule is C[C@@H](CC(=O)O)N(CCc1ccccc1)Cc1ccccc1. The summed E-state index contributed by atoms with van der Waals surface area (Å²) in [6, 6.07) is 20.5. The van der Waals surface area contributed by atoms with Crippen LogP contribution in [0.25, 0.3) is 0 Å². The van der Waals surface area contributed by atoms with Gasteiger partial charge in [0.1, 0.15) is 0 Å². The van der Waals surface area contributed by atoms with E-state index < -0.39 is 5.97 Å². The zero-order valence-corrected chi connectivity index (χ0v) is 13.0. The zero-order valence-electron chi connectivity index (χ0n) is 13.0. The van der Waals surface area contributed by atoms with Crippen molar-refractivity contribution in [3.05, 3.63) is 71.8 Å². The van der Waals surface area contributed by atoms with E-state index in [-0.39, 0.29) is 12.5 Å². The minimum atomic E-state index is -0.745. The van der Waals surface area contributed by atoms with Crippen LogP contribution in [0.5, 0.6) is 0 Å². The Bertz CT molecular complexity index is 569. The Balaban J connectivity index is 2.02. The molecule has 0 aliphatic heterocycles. The predicted molar refractivity (Wildman–Crippen MR) is 88.7 cm³/mol. The van der Waals surface area contributed by atoms with Crippen molar-refractivity contribution >= 4 is 5.97 Å². The average molecular weight is 297 g/mol. The molecule has 0 amide bonds. The molecular formula is C19H23NO2. The average Bonchev–Trinajstić information content (AvgIpc) is 2.52. The third kappa shape index (κ3) is 5.34. The summed E-state index contributed by atoms with van der Waals surface area (Å²) in [6.07, 6.45) is 1.10. The van der Waals surface area contributed by atoms with E-state index in [1.165, 1.54) is 11.1 Å². The van der Waals surface area contributed by atoms with Gasteiger partial charge in [0.2, 0.25) is 0 Å².